The highest BCUT2D eigenvalue weighted by Crippen LogP contribution is 2.12. The fraction of sp³-hybridized carbons (Fsp3) is 0.182. The fourth-order valence-electron chi connectivity index (χ4n) is 1.41. The first-order chi connectivity index (χ1) is 10.5. The Bertz CT molecular complexity index is 589. The molecule has 0 atom stereocenters. The third-order valence-electron chi connectivity index (χ3n) is 2.20. The van der Waals surface area contributed by atoms with Gasteiger partial charge in [0.1, 0.15) is 25.0 Å². The fourth-order valence-corrected chi connectivity index (χ4v) is 1.41. The molecule has 0 aliphatic rings. The van der Waals surface area contributed by atoms with Crippen LogP contribution in [0.1, 0.15) is 0 Å². The molecule has 1 heterocycles. The molecule has 0 saturated carbocycles. The maximum Gasteiger partial charge on any atom is 0.343 e. The van der Waals surface area contributed by atoms with Gasteiger partial charge in [0.25, 0.3) is 0 Å². The minimum Gasteiger partial charge on any atom is -0.492 e. The third kappa shape index (κ3) is 7.28. The van der Waals surface area contributed by atoms with Crippen LogP contribution < -0.4 is 21.2 Å². The van der Waals surface area contributed by atoms with E-state index < -0.39 is 5.09 Å². The number of nitrogens with zero attached hydrogens (tertiary/aromatic N) is 4. The summed E-state index contributed by atoms with van der Waals surface area (Å²) in [7, 11) is 0. The Morgan fingerprint density at radius 3 is 2.45 bits per heavy atom. The quantitative estimate of drug-likeness (QED) is 0.248. The Morgan fingerprint density at radius 1 is 1.32 bits per heavy atom. The van der Waals surface area contributed by atoms with Crippen molar-refractivity contribution < 1.29 is 14.8 Å². The summed E-state index contributed by atoms with van der Waals surface area (Å²) in [4.78, 5) is 14.9. The molecule has 0 radical (unpaired) electrons. The SMILES string of the molecule is NC(N)=[NH+]c1ccc(OCCn2cncn2)cc1.O=[N+]([O-])[O-]. The summed E-state index contributed by atoms with van der Waals surface area (Å²) in [6.45, 7) is 1.19. The van der Waals surface area contributed by atoms with Gasteiger partial charge in [-0.2, -0.15) is 5.10 Å². The van der Waals surface area contributed by atoms with Gasteiger partial charge in [-0.3, -0.25) is 11.5 Å². The minimum absolute atomic E-state index is 0.162. The number of benzene rings is 1. The minimum atomic E-state index is -1.75. The Hall–Kier alpha value is -3.37. The monoisotopic (exact) mass is 309 g/mol. The number of rotatable bonds is 5. The van der Waals surface area contributed by atoms with Gasteiger partial charge in [-0.15, -0.1) is 0 Å². The second-order valence-electron chi connectivity index (χ2n) is 3.84. The molecule has 0 unspecified atom stereocenters. The number of nitrogens with two attached hydrogens (primary N) is 2. The molecule has 1 aromatic carbocycles. The van der Waals surface area contributed by atoms with E-state index in [1.165, 1.54) is 6.33 Å². The van der Waals surface area contributed by atoms with E-state index in [1.807, 2.05) is 24.3 Å². The third-order valence-corrected chi connectivity index (χ3v) is 2.20. The lowest BCUT2D eigenvalue weighted by molar-refractivity contribution is -0.402. The highest BCUT2D eigenvalue weighted by molar-refractivity contribution is 5.70. The van der Waals surface area contributed by atoms with Gasteiger partial charge < -0.3 is 20.1 Å². The van der Waals surface area contributed by atoms with Crippen LogP contribution in [0.5, 0.6) is 5.75 Å². The van der Waals surface area contributed by atoms with Crippen molar-refractivity contribution in [1.82, 2.24) is 14.8 Å². The van der Waals surface area contributed by atoms with E-state index in [4.69, 9.17) is 31.5 Å². The molecule has 2 rings (SSSR count). The lowest BCUT2D eigenvalue weighted by atomic mass is 10.3. The van der Waals surface area contributed by atoms with Crippen molar-refractivity contribution >= 4 is 11.6 Å². The number of hydrogen-bond donors (Lipinski definition) is 3. The van der Waals surface area contributed by atoms with Gasteiger partial charge in [0.05, 0.1) is 17.3 Å². The Kier molecular flexibility index (Phi) is 6.62. The summed E-state index contributed by atoms with van der Waals surface area (Å²) in [6.07, 6.45) is 3.14. The van der Waals surface area contributed by atoms with Crippen LogP contribution in [0.3, 0.4) is 0 Å². The molecular weight excluding hydrogens is 294 g/mol. The Balaban J connectivity index is 0.000000541. The smallest absolute Gasteiger partial charge is 0.343 e. The average molecular weight is 309 g/mol. The Labute approximate surface area is 125 Å². The van der Waals surface area contributed by atoms with Crippen molar-refractivity contribution in [3.8, 4) is 5.75 Å². The van der Waals surface area contributed by atoms with Crippen molar-refractivity contribution in [1.29, 1.82) is 0 Å². The summed E-state index contributed by atoms with van der Waals surface area (Å²) in [5.41, 5.74) is 11.5. The van der Waals surface area contributed by atoms with Gasteiger partial charge >= 0.3 is 5.96 Å². The topological polar surface area (TPSA) is 172 Å². The van der Waals surface area contributed by atoms with Gasteiger partial charge in [0, 0.05) is 0 Å². The lowest BCUT2D eigenvalue weighted by Gasteiger charge is -2.05. The van der Waals surface area contributed by atoms with Gasteiger partial charge in [-0.05, 0) is 24.3 Å². The van der Waals surface area contributed by atoms with Crippen LogP contribution in [0.25, 0.3) is 0 Å². The largest absolute Gasteiger partial charge is 0.492 e. The van der Waals surface area contributed by atoms with E-state index in [0.717, 1.165) is 11.4 Å². The number of aromatic nitrogens is 3. The van der Waals surface area contributed by atoms with E-state index in [0.29, 0.717) is 13.2 Å². The molecule has 0 saturated heterocycles. The molecule has 0 fully saturated rings. The zero-order valence-electron chi connectivity index (χ0n) is 11.5. The van der Waals surface area contributed by atoms with Gasteiger partial charge in [0.15, 0.2) is 0 Å². The van der Waals surface area contributed by atoms with Crippen LogP contribution in [0.2, 0.25) is 0 Å². The summed E-state index contributed by atoms with van der Waals surface area (Å²) >= 11 is 0. The molecule has 118 valence electrons. The van der Waals surface area contributed by atoms with E-state index in [-0.39, 0.29) is 5.96 Å². The van der Waals surface area contributed by atoms with E-state index in [9.17, 15) is 0 Å². The molecule has 0 aliphatic heterocycles. The molecule has 0 bridgehead atoms. The first-order valence-corrected chi connectivity index (χ1v) is 5.99. The zero-order valence-corrected chi connectivity index (χ0v) is 11.5. The number of guanidine groups is 1. The predicted molar refractivity (Wildman–Crippen MR) is 76.3 cm³/mol. The maximum absolute atomic E-state index is 8.25. The molecule has 5 N–H and O–H groups in total. The first-order valence-electron chi connectivity index (χ1n) is 5.99. The normalized spacial score (nSPS) is 9.27. The van der Waals surface area contributed by atoms with Crippen LogP contribution in [0.15, 0.2) is 36.9 Å². The standard InChI is InChI=1S/C11H14N6O.NO3/c12-11(13)16-9-1-3-10(4-2-9)18-6-5-17-8-14-7-15-17;2-1(3)4/h1-4,7-8H,5-6H2,(H4,12,13,16);/q;-1/p+1. The molecule has 0 spiro atoms. The number of ether oxygens (including phenoxy) is 1. The van der Waals surface area contributed by atoms with Crippen LogP contribution >= 0.6 is 0 Å². The van der Waals surface area contributed by atoms with Crippen molar-refractivity contribution in [3.63, 3.8) is 0 Å². The van der Waals surface area contributed by atoms with Crippen LogP contribution in [-0.4, -0.2) is 32.4 Å². The summed E-state index contributed by atoms with van der Waals surface area (Å²) < 4.78 is 7.26. The van der Waals surface area contributed by atoms with Crippen molar-refractivity contribution in [2.24, 2.45) is 11.5 Å². The van der Waals surface area contributed by atoms with Gasteiger partial charge in [-0.25, -0.2) is 14.7 Å². The maximum atomic E-state index is 8.25. The van der Waals surface area contributed by atoms with Crippen LogP contribution in [0, 0.1) is 15.3 Å². The predicted octanol–water partition coefficient (Wildman–Crippen LogP) is -1.90. The molecule has 11 heteroatoms. The molecule has 11 nitrogen and oxygen atoms in total. The highest BCUT2D eigenvalue weighted by Gasteiger charge is 1.97. The summed E-state index contributed by atoms with van der Waals surface area (Å²) in [5, 5.41) is 18.7. The van der Waals surface area contributed by atoms with Crippen molar-refractivity contribution in [2.75, 3.05) is 6.61 Å². The second kappa shape index (κ2) is 8.73. The Morgan fingerprint density at radius 2 is 1.95 bits per heavy atom. The van der Waals surface area contributed by atoms with E-state index in [1.54, 1.807) is 11.0 Å². The molecule has 0 amide bonds. The highest BCUT2D eigenvalue weighted by atomic mass is 16.9. The van der Waals surface area contributed by atoms with Gasteiger partial charge in [-0.1, -0.05) is 0 Å². The summed E-state index contributed by atoms with van der Waals surface area (Å²) in [5.74, 6) is 0.936. The summed E-state index contributed by atoms with van der Waals surface area (Å²) in [6, 6.07) is 7.36. The van der Waals surface area contributed by atoms with Gasteiger partial charge in [0.2, 0.25) is 0 Å². The second-order valence-corrected chi connectivity index (χ2v) is 3.84. The number of hydrogen-bond acceptors (Lipinski definition) is 6. The van der Waals surface area contributed by atoms with Crippen LogP contribution in [-0.2, 0) is 6.54 Å². The van der Waals surface area contributed by atoms with Crippen molar-refractivity contribution in [3.05, 3.63) is 52.2 Å². The molecule has 2 aromatic rings. The van der Waals surface area contributed by atoms with E-state index in [2.05, 4.69) is 15.1 Å². The van der Waals surface area contributed by atoms with E-state index >= 15 is 0 Å². The lowest BCUT2D eigenvalue weighted by Crippen LogP contribution is -2.72. The van der Waals surface area contributed by atoms with Crippen LogP contribution in [0.4, 0.5) is 5.69 Å². The number of nitrogens with one attached hydrogen (secondary N) is 1. The first kappa shape index (κ1) is 16.7. The zero-order chi connectivity index (χ0) is 16.4. The molecular formula is C11H15N7O4. The molecule has 22 heavy (non-hydrogen) atoms. The average Bonchev–Trinajstić information content (AvgIpc) is 2.93. The molecule has 0 aliphatic carbocycles. The molecule has 1 aromatic heterocycles. The van der Waals surface area contributed by atoms with Crippen molar-refractivity contribution in [2.45, 2.75) is 6.54 Å².